The minimum absolute atomic E-state index is 0.128. The maximum atomic E-state index is 12.2. The molecule has 0 unspecified atom stereocenters. The first-order valence-electron chi connectivity index (χ1n) is 5.63. The van der Waals surface area contributed by atoms with E-state index < -0.39 is 22.3 Å². The number of nitrogens with zero attached hydrogens (tertiary/aromatic N) is 1. The fourth-order valence-electron chi connectivity index (χ4n) is 1.67. The molecule has 6 nitrogen and oxygen atoms in total. The third-order valence-electron chi connectivity index (χ3n) is 2.65. The van der Waals surface area contributed by atoms with E-state index in [1.165, 1.54) is 24.3 Å². The molecule has 0 aliphatic carbocycles. The van der Waals surface area contributed by atoms with Gasteiger partial charge in [0.2, 0.25) is 0 Å². The Morgan fingerprint density at radius 2 is 1.95 bits per heavy atom. The molecule has 0 bridgehead atoms. The van der Waals surface area contributed by atoms with E-state index in [1.54, 1.807) is 12.1 Å². The molecule has 21 heavy (non-hydrogen) atoms. The van der Waals surface area contributed by atoms with Gasteiger partial charge in [-0.2, -0.15) is 0 Å². The van der Waals surface area contributed by atoms with E-state index in [1.807, 2.05) is 0 Å². The predicted octanol–water partition coefficient (Wildman–Crippen LogP) is 3.97. The molecule has 0 heterocycles. The lowest BCUT2D eigenvalue weighted by Crippen LogP contribution is -2.14. The fraction of sp³-hybridized carbons (Fsp3) is 0. The van der Waals surface area contributed by atoms with Crippen LogP contribution in [-0.4, -0.2) is 15.9 Å². The molecule has 0 fully saturated rings. The number of nitro benzene ring substituents is 1. The topological polar surface area (TPSA) is 92.5 Å². The summed E-state index contributed by atoms with van der Waals surface area (Å²) in [6.45, 7) is 0. The van der Waals surface area contributed by atoms with Crippen molar-refractivity contribution in [3.63, 3.8) is 0 Å². The molecule has 0 spiro atoms. The predicted molar refractivity (Wildman–Crippen MR) is 81.9 cm³/mol. The van der Waals surface area contributed by atoms with Crippen LogP contribution in [0.2, 0.25) is 5.02 Å². The molecule has 0 atom stereocenters. The number of benzene rings is 2. The zero-order valence-electron chi connectivity index (χ0n) is 10.3. The van der Waals surface area contributed by atoms with Crippen molar-refractivity contribution in [3.05, 3.63) is 61.6 Å². The Morgan fingerprint density at radius 3 is 2.62 bits per heavy atom. The summed E-state index contributed by atoms with van der Waals surface area (Å²) in [4.78, 5) is 22.4. The molecule has 2 N–H and O–H groups in total. The number of hydrogen-bond donors (Lipinski definition) is 2. The van der Waals surface area contributed by atoms with Gasteiger partial charge in [-0.3, -0.25) is 14.9 Å². The third kappa shape index (κ3) is 3.14. The second-order valence-corrected chi connectivity index (χ2v) is 5.22. The zero-order chi connectivity index (χ0) is 15.6. The van der Waals surface area contributed by atoms with Gasteiger partial charge >= 0.3 is 0 Å². The molecule has 0 saturated heterocycles. The summed E-state index contributed by atoms with van der Waals surface area (Å²) >= 11 is 9.17. The van der Waals surface area contributed by atoms with Gasteiger partial charge in [-0.1, -0.05) is 23.7 Å². The van der Waals surface area contributed by atoms with Gasteiger partial charge in [-0.15, -0.1) is 0 Å². The van der Waals surface area contributed by atoms with Crippen molar-refractivity contribution in [1.82, 2.24) is 0 Å². The van der Waals surface area contributed by atoms with Gasteiger partial charge in [0.15, 0.2) is 5.69 Å². The number of phenolic OH excluding ortho intramolecular Hbond substituents is 1. The molecule has 0 aliphatic heterocycles. The van der Waals surface area contributed by atoms with Gasteiger partial charge in [-0.05, 0) is 34.1 Å². The highest BCUT2D eigenvalue weighted by Gasteiger charge is 2.21. The van der Waals surface area contributed by atoms with Crippen LogP contribution in [0.5, 0.6) is 5.75 Å². The van der Waals surface area contributed by atoms with E-state index in [-0.39, 0.29) is 16.3 Å². The van der Waals surface area contributed by atoms with Crippen molar-refractivity contribution in [2.24, 2.45) is 0 Å². The lowest BCUT2D eigenvalue weighted by atomic mass is 10.2. The van der Waals surface area contributed by atoms with Crippen LogP contribution in [0.1, 0.15) is 10.4 Å². The van der Waals surface area contributed by atoms with E-state index in [9.17, 15) is 20.0 Å². The monoisotopic (exact) mass is 370 g/mol. The highest BCUT2D eigenvalue weighted by Crippen LogP contribution is 2.34. The summed E-state index contributed by atoms with van der Waals surface area (Å²) in [5.41, 5.74) is -0.554. The second-order valence-electron chi connectivity index (χ2n) is 3.98. The highest BCUT2D eigenvalue weighted by atomic mass is 79.9. The van der Waals surface area contributed by atoms with Gasteiger partial charge in [0, 0.05) is 10.5 Å². The summed E-state index contributed by atoms with van der Waals surface area (Å²) in [7, 11) is 0. The number of amides is 1. The van der Waals surface area contributed by atoms with Crippen molar-refractivity contribution in [3.8, 4) is 5.75 Å². The molecular weight excluding hydrogens is 364 g/mol. The second kappa shape index (κ2) is 6.11. The average molecular weight is 372 g/mol. The SMILES string of the molecule is O=C(Nc1c(O)cccc1[N+](=O)[O-])c1cccc(Br)c1Cl. The van der Waals surface area contributed by atoms with E-state index in [0.29, 0.717) is 4.47 Å². The number of nitro groups is 1. The van der Waals surface area contributed by atoms with Crippen LogP contribution in [0.3, 0.4) is 0 Å². The molecule has 0 saturated carbocycles. The molecule has 2 aromatic carbocycles. The number of para-hydroxylation sites is 1. The van der Waals surface area contributed by atoms with Crippen molar-refractivity contribution in [2.45, 2.75) is 0 Å². The maximum Gasteiger partial charge on any atom is 0.296 e. The molecule has 0 radical (unpaired) electrons. The molecule has 1 amide bonds. The Labute approximate surface area is 132 Å². The van der Waals surface area contributed by atoms with Gasteiger partial charge < -0.3 is 10.4 Å². The number of rotatable bonds is 3. The number of hydrogen-bond acceptors (Lipinski definition) is 4. The summed E-state index contributed by atoms with van der Waals surface area (Å²) in [6, 6.07) is 8.46. The Kier molecular flexibility index (Phi) is 4.44. The van der Waals surface area contributed by atoms with Crippen LogP contribution in [-0.2, 0) is 0 Å². The first-order chi connectivity index (χ1) is 9.91. The lowest BCUT2D eigenvalue weighted by molar-refractivity contribution is -0.384. The van der Waals surface area contributed by atoms with E-state index in [0.717, 1.165) is 0 Å². The van der Waals surface area contributed by atoms with E-state index in [2.05, 4.69) is 21.2 Å². The molecule has 8 heteroatoms. The summed E-state index contributed by atoms with van der Waals surface area (Å²) in [6.07, 6.45) is 0. The van der Waals surface area contributed by atoms with Gasteiger partial charge in [0.05, 0.1) is 15.5 Å². The van der Waals surface area contributed by atoms with Crippen LogP contribution < -0.4 is 5.32 Å². The lowest BCUT2D eigenvalue weighted by Gasteiger charge is -2.09. The van der Waals surface area contributed by atoms with Crippen LogP contribution in [0.15, 0.2) is 40.9 Å². The van der Waals surface area contributed by atoms with Crippen LogP contribution in [0.4, 0.5) is 11.4 Å². The zero-order valence-corrected chi connectivity index (χ0v) is 12.7. The van der Waals surface area contributed by atoms with Crippen LogP contribution in [0.25, 0.3) is 0 Å². The molecule has 108 valence electrons. The molecule has 2 rings (SSSR count). The minimum atomic E-state index is -0.697. The molecule has 0 aliphatic rings. The minimum Gasteiger partial charge on any atom is -0.505 e. The highest BCUT2D eigenvalue weighted by molar-refractivity contribution is 9.10. The standard InChI is InChI=1S/C13H8BrClN2O4/c14-8-4-1-3-7(11(8)15)13(19)16-12-9(17(20)21)5-2-6-10(12)18/h1-6,18H,(H,16,19). The van der Waals surface area contributed by atoms with Crippen LogP contribution in [0, 0.1) is 10.1 Å². The van der Waals surface area contributed by atoms with Crippen molar-refractivity contribution >= 4 is 44.8 Å². The first-order valence-corrected chi connectivity index (χ1v) is 6.80. The maximum absolute atomic E-state index is 12.2. The number of nitrogens with one attached hydrogen (secondary N) is 1. The number of phenols is 1. The summed E-state index contributed by atoms with van der Waals surface area (Å²) in [5, 5.41) is 23.1. The Bertz CT molecular complexity index is 736. The average Bonchev–Trinajstić information content (AvgIpc) is 2.43. The van der Waals surface area contributed by atoms with Crippen molar-refractivity contribution in [1.29, 1.82) is 0 Å². The molecule has 0 aromatic heterocycles. The number of aromatic hydroxyl groups is 1. The number of carbonyl (C=O) groups excluding carboxylic acids is 1. The Balaban J connectivity index is 2.41. The van der Waals surface area contributed by atoms with E-state index >= 15 is 0 Å². The fourth-order valence-corrected chi connectivity index (χ4v) is 2.25. The van der Waals surface area contributed by atoms with Gasteiger partial charge in [0.25, 0.3) is 11.6 Å². The molecular formula is C13H8BrClN2O4. The summed E-state index contributed by atoms with van der Waals surface area (Å²) in [5.74, 6) is -1.06. The van der Waals surface area contributed by atoms with Crippen LogP contribution >= 0.6 is 27.5 Å². The first kappa shape index (κ1) is 15.3. The number of anilines is 1. The summed E-state index contributed by atoms with van der Waals surface area (Å²) < 4.78 is 0.517. The van der Waals surface area contributed by atoms with Crippen molar-refractivity contribution < 1.29 is 14.8 Å². The van der Waals surface area contributed by atoms with Gasteiger partial charge in [-0.25, -0.2) is 0 Å². The number of halogens is 2. The third-order valence-corrected chi connectivity index (χ3v) is 3.95. The largest absolute Gasteiger partial charge is 0.505 e. The quantitative estimate of drug-likeness (QED) is 0.485. The van der Waals surface area contributed by atoms with E-state index in [4.69, 9.17) is 11.6 Å². The van der Waals surface area contributed by atoms with Crippen molar-refractivity contribution in [2.75, 3.05) is 5.32 Å². The smallest absolute Gasteiger partial charge is 0.296 e. The molecule has 2 aromatic rings. The number of carbonyl (C=O) groups is 1. The Morgan fingerprint density at radius 1 is 1.29 bits per heavy atom. The van der Waals surface area contributed by atoms with Gasteiger partial charge in [0.1, 0.15) is 5.75 Å². The normalized spacial score (nSPS) is 10.2. The Hall–Kier alpha value is -2.12.